The van der Waals surface area contributed by atoms with Gasteiger partial charge in [-0.3, -0.25) is 4.79 Å². The average Bonchev–Trinajstić information content (AvgIpc) is 2.78. The van der Waals surface area contributed by atoms with Gasteiger partial charge < -0.3 is 9.64 Å². The number of amides is 1. The van der Waals surface area contributed by atoms with Gasteiger partial charge in [0.05, 0.1) is 22.9 Å². The number of nitrogens with zero attached hydrogens (tertiary/aromatic N) is 2. The van der Waals surface area contributed by atoms with Gasteiger partial charge in [0.2, 0.25) is 15.9 Å². The Labute approximate surface area is 182 Å². The highest BCUT2D eigenvalue weighted by Crippen LogP contribution is 2.31. The minimum absolute atomic E-state index is 0.0390. The molecule has 30 heavy (non-hydrogen) atoms. The third kappa shape index (κ3) is 4.06. The van der Waals surface area contributed by atoms with Crippen LogP contribution in [0.25, 0.3) is 0 Å². The number of carbonyl (C=O) groups is 1. The maximum Gasteiger partial charge on any atom is 0.243 e. The number of halogens is 1. The summed E-state index contributed by atoms with van der Waals surface area (Å²) in [4.78, 5) is 15.2. The molecule has 0 radical (unpaired) electrons. The molecule has 1 fully saturated rings. The van der Waals surface area contributed by atoms with E-state index < -0.39 is 10.0 Å². The first-order chi connectivity index (χ1) is 14.4. The van der Waals surface area contributed by atoms with Gasteiger partial charge >= 0.3 is 0 Å². The zero-order valence-electron chi connectivity index (χ0n) is 16.9. The molecular formula is C22H25ClN2O4S. The molecule has 8 heteroatoms. The van der Waals surface area contributed by atoms with Crippen molar-refractivity contribution in [2.45, 2.75) is 30.7 Å². The molecule has 0 bridgehead atoms. The van der Waals surface area contributed by atoms with E-state index in [1.54, 1.807) is 6.07 Å². The number of sulfonamides is 1. The highest BCUT2D eigenvalue weighted by Gasteiger charge is 2.36. The van der Waals surface area contributed by atoms with Crippen LogP contribution in [0.15, 0.2) is 47.4 Å². The van der Waals surface area contributed by atoms with E-state index in [2.05, 4.69) is 12.1 Å². The van der Waals surface area contributed by atoms with Crippen LogP contribution in [0.5, 0.6) is 5.75 Å². The van der Waals surface area contributed by atoms with Gasteiger partial charge in [-0.05, 0) is 48.6 Å². The number of hydrogen-bond acceptors (Lipinski definition) is 4. The lowest BCUT2D eigenvalue weighted by molar-refractivity contribution is -0.137. The molecule has 2 aromatic rings. The van der Waals surface area contributed by atoms with Crippen LogP contribution in [0, 0.1) is 5.92 Å². The summed E-state index contributed by atoms with van der Waals surface area (Å²) < 4.78 is 32.8. The maximum atomic E-state index is 13.2. The van der Waals surface area contributed by atoms with Gasteiger partial charge in [-0.15, -0.1) is 0 Å². The molecule has 0 aliphatic carbocycles. The first-order valence-corrected chi connectivity index (χ1v) is 11.9. The largest absolute Gasteiger partial charge is 0.495 e. The first-order valence-electron chi connectivity index (χ1n) is 10.1. The molecular weight excluding hydrogens is 424 g/mol. The smallest absolute Gasteiger partial charge is 0.243 e. The van der Waals surface area contributed by atoms with Gasteiger partial charge in [0.1, 0.15) is 5.75 Å². The average molecular weight is 449 g/mol. The highest BCUT2D eigenvalue weighted by molar-refractivity contribution is 7.89. The van der Waals surface area contributed by atoms with Gasteiger partial charge in [-0.1, -0.05) is 35.9 Å². The second kappa shape index (κ2) is 8.57. The van der Waals surface area contributed by atoms with Crippen molar-refractivity contribution in [2.24, 2.45) is 5.92 Å². The van der Waals surface area contributed by atoms with Gasteiger partial charge in [-0.25, -0.2) is 8.42 Å². The van der Waals surface area contributed by atoms with E-state index in [0.29, 0.717) is 38.2 Å². The van der Waals surface area contributed by atoms with Crippen molar-refractivity contribution < 1.29 is 17.9 Å². The fourth-order valence-corrected chi connectivity index (χ4v) is 6.13. The normalized spacial score (nSPS) is 19.9. The lowest BCUT2D eigenvalue weighted by Gasteiger charge is -2.36. The van der Waals surface area contributed by atoms with Crippen molar-refractivity contribution in [3.05, 3.63) is 58.6 Å². The summed E-state index contributed by atoms with van der Waals surface area (Å²) in [6.07, 6.45) is 2.19. The number of fused-ring (bicyclic) bond motifs is 1. The number of benzene rings is 2. The Balaban J connectivity index is 1.49. The predicted molar refractivity (Wildman–Crippen MR) is 115 cm³/mol. The van der Waals surface area contributed by atoms with Crippen LogP contribution >= 0.6 is 11.6 Å². The molecule has 4 rings (SSSR count). The van der Waals surface area contributed by atoms with Crippen LogP contribution in [-0.2, 0) is 27.8 Å². The number of ether oxygens (including phenoxy) is 1. The minimum Gasteiger partial charge on any atom is -0.495 e. The monoisotopic (exact) mass is 448 g/mol. The van der Waals surface area contributed by atoms with E-state index in [4.69, 9.17) is 16.3 Å². The number of hydrogen-bond donors (Lipinski definition) is 0. The van der Waals surface area contributed by atoms with Crippen LogP contribution < -0.4 is 4.74 Å². The number of carbonyl (C=O) groups excluding carboxylic acids is 1. The van der Waals surface area contributed by atoms with Crippen LogP contribution in [0.3, 0.4) is 0 Å². The van der Waals surface area contributed by atoms with Crippen molar-refractivity contribution in [3.63, 3.8) is 0 Å². The molecule has 160 valence electrons. The van der Waals surface area contributed by atoms with Gasteiger partial charge in [0.15, 0.2) is 0 Å². The van der Waals surface area contributed by atoms with Gasteiger partial charge in [-0.2, -0.15) is 4.31 Å². The van der Waals surface area contributed by atoms with E-state index in [1.807, 2.05) is 17.0 Å². The zero-order chi connectivity index (χ0) is 21.3. The van der Waals surface area contributed by atoms with E-state index >= 15 is 0 Å². The molecule has 1 unspecified atom stereocenters. The van der Waals surface area contributed by atoms with E-state index in [0.717, 1.165) is 6.42 Å². The Morgan fingerprint density at radius 1 is 1.13 bits per heavy atom. The Morgan fingerprint density at radius 2 is 1.90 bits per heavy atom. The molecule has 2 heterocycles. The van der Waals surface area contributed by atoms with Crippen LogP contribution in [0.1, 0.15) is 24.0 Å². The molecule has 6 nitrogen and oxygen atoms in total. The summed E-state index contributed by atoms with van der Waals surface area (Å²) in [5.41, 5.74) is 2.45. The third-order valence-electron chi connectivity index (χ3n) is 5.94. The Hall–Kier alpha value is -2.09. The third-order valence-corrected chi connectivity index (χ3v) is 8.09. The molecule has 2 aromatic carbocycles. The molecule has 2 aliphatic rings. The highest BCUT2D eigenvalue weighted by atomic mass is 35.5. The summed E-state index contributed by atoms with van der Waals surface area (Å²) in [5.74, 6) is 0.136. The van der Waals surface area contributed by atoms with Crippen molar-refractivity contribution in [3.8, 4) is 5.75 Å². The maximum absolute atomic E-state index is 13.2. The molecule has 0 aromatic heterocycles. The molecule has 0 saturated carbocycles. The second-order valence-electron chi connectivity index (χ2n) is 7.78. The van der Waals surface area contributed by atoms with Crippen LogP contribution in [0.2, 0.25) is 5.02 Å². The molecule has 1 atom stereocenters. The number of piperidine rings is 1. The second-order valence-corrected chi connectivity index (χ2v) is 10.1. The number of rotatable bonds is 4. The fraction of sp³-hybridized carbons (Fsp3) is 0.409. The SMILES string of the molecule is COc1ccc(S(=O)(=O)N2CCCC(C(=O)N3CCc4ccccc4C3)C2)cc1Cl. The first kappa shape index (κ1) is 21.2. The summed E-state index contributed by atoms with van der Waals surface area (Å²) in [7, 11) is -2.25. The van der Waals surface area contributed by atoms with Crippen molar-refractivity contribution in [2.75, 3.05) is 26.7 Å². The minimum atomic E-state index is -3.73. The quantitative estimate of drug-likeness (QED) is 0.719. The predicted octanol–water partition coefficient (Wildman–Crippen LogP) is 3.33. The van der Waals surface area contributed by atoms with E-state index in [9.17, 15) is 13.2 Å². The van der Waals surface area contributed by atoms with Crippen molar-refractivity contribution in [1.29, 1.82) is 0 Å². The zero-order valence-corrected chi connectivity index (χ0v) is 18.5. The summed E-state index contributed by atoms with van der Waals surface area (Å²) in [6, 6.07) is 12.6. The molecule has 1 amide bonds. The standard InChI is InChI=1S/C22H25ClN2O4S/c1-29-21-9-8-19(13-20(21)23)30(27,28)25-11-4-7-18(15-25)22(26)24-12-10-16-5-2-3-6-17(16)14-24/h2-3,5-6,8-9,13,18H,4,7,10-12,14-15H2,1H3. The Morgan fingerprint density at radius 3 is 2.63 bits per heavy atom. The fourth-order valence-electron chi connectivity index (χ4n) is 4.26. The van der Waals surface area contributed by atoms with Gasteiger partial charge in [0.25, 0.3) is 0 Å². The summed E-state index contributed by atoms with van der Waals surface area (Å²) in [5, 5.41) is 0.246. The Kier molecular flexibility index (Phi) is 6.04. The van der Waals surface area contributed by atoms with E-state index in [1.165, 1.54) is 34.7 Å². The lowest BCUT2D eigenvalue weighted by atomic mass is 9.95. The summed E-state index contributed by atoms with van der Waals surface area (Å²) >= 11 is 6.13. The lowest BCUT2D eigenvalue weighted by Crippen LogP contribution is -2.47. The van der Waals surface area contributed by atoms with Crippen LogP contribution in [0.4, 0.5) is 0 Å². The van der Waals surface area contributed by atoms with Crippen molar-refractivity contribution >= 4 is 27.5 Å². The summed E-state index contributed by atoms with van der Waals surface area (Å²) in [6.45, 7) is 1.86. The molecule has 1 saturated heterocycles. The number of methoxy groups -OCH3 is 1. The van der Waals surface area contributed by atoms with Crippen molar-refractivity contribution in [1.82, 2.24) is 9.21 Å². The Bertz CT molecular complexity index is 1060. The topological polar surface area (TPSA) is 66.9 Å². The molecule has 0 N–H and O–H groups in total. The molecule has 2 aliphatic heterocycles. The van der Waals surface area contributed by atoms with Crippen LogP contribution in [-0.4, -0.2) is 50.3 Å². The van der Waals surface area contributed by atoms with Gasteiger partial charge in [0, 0.05) is 26.2 Å². The molecule has 0 spiro atoms. The van der Waals surface area contributed by atoms with E-state index in [-0.39, 0.29) is 28.3 Å².